The van der Waals surface area contributed by atoms with E-state index in [1.54, 1.807) is 0 Å². The zero-order valence-electron chi connectivity index (χ0n) is 16.3. The molecule has 27 heavy (non-hydrogen) atoms. The second-order valence-electron chi connectivity index (χ2n) is 8.97. The quantitative estimate of drug-likeness (QED) is 0.620. The number of carbonyl (C=O) groups is 3. The molecule has 2 saturated heterocycles. The number of benzene rings is 1. The van der Waals surface area contributed by atoms with Crippen LogP contribution in [0.1, 0.15) is 26.3 Å². The van der Waals surface area contributed by atoms with Crippen LogP contribution in [0.2, 0.25) is 0 Å². The van der Waals surface area contributed by atoms with Crippen molar-refractivity contribution in [2.75, 3.05) is 31.6 Å². The molecule has 1 aromatic rings. The molecule has 4 rings (SSSR count). The lowest BCUT2D eigenvalue weighted by Gasteiger charge is -2.54. The van der Waals surface area contributed by atoms with E-state index in [0.29, 0.717) is 13.0 Å². The molecule has 0 saturated carbocycles. The molecule has 1 aromatic carbocycles. The zero-order chi connectivity index (χ0) is 19.6. The van der Waals surface area contributed by atoms with Crippen molar-refractivity contribution in [1.82, 2.24) is 10.2 Å². The average Bonchev–Trinajstić information content (AvgIpc) is 2.58. The Hall–Kier alpha value is -2.41. The van der Waals surface area contributed by atoms with E-state index in [1.807, 2.05) is 39.0 Å². The molecule has 3 heterocycles. The number of quaternary nitrogens is 1. The Morgan fingerprint density at radius 1 is 1.19 bits per heavy atom. The molecule has 0 aliphatic carbocycles. The molecule has 7 nitrogen and oxygen atoms in total. The summed E-state index contributed by atoms with van der Waals surface area (Å²) in [6.07, 6.45) is 0.322. The molecule has 0 aromatic heterocycles. The van der Waals surface area contributed by atoms with Gasteiger partial charge in [-0.15, -0.1) is 0 Å². The van der Waals surface area contributed by atoms with E-state index in [-0.39, 0.29) is 11.9 Å². The van der Waals surface area contributed by atoms with Crippen LogP contribution in [0.3, 0.4) is 0 Å². The van der Waals surface area contributed by atoms with Crippen LogP contribution in [0.15, 0.2) is 24.3 Å². The molecule has 7 heteroatoms. The first kappa shape index (κ1) is 18.0. The summed E-state index contributed by atoms with van der Waals surface area (Å²) in [5.41, 5.74) is 0.0989. The van der Waals surface area contributed by atoms with Gasteiger partial charge in [-0.2, -0.15) is 0 Å². The number of nitrogens with zero attached hydrogens (tertiary/aromatic N) is 2. The minimum absolute atomic E-state index is 0.272. The van der Waals surface area contributed by atoms with Gasteiger partial charge < -0.3 is 9.80 Å². The van der Waals surface area contributed by atoms with Gasteiger partial charge in [0.15, 0.2) is 5.41 Å². The number of para-hydroxylation sites is 1. The number of urea groups is 1. The van der Waals surface area contributed by atoms with Gasteiger partial charge in [0, 0.05) is 17.6 Å². The van der Waals surface area contributed by atoms with Crippen molar-refractivity contribution in [3.63, 3.8) is 0 Å². The van der Waals surface area contributed by atoms with E-state index in [4.69, 9.17) is 0 Å². The number of imide groups is 2. The van der Waals surface area contributed by atoms with Crippen molar-refractivity contribution in [2.45, 2.75) is 38.8 Å². The number of likely N-dealkylation sites (N-methyl/N-ethyl adjacent to an activating group) is 1. The van der Waals surface area contributed by atoms with E-state index >= 15 is 0 Å². The summed E-state index contributed by atoms with van der Waals surface area (Å²) in [4.78, 5) is 44.2. The lowest BCUT2D eigenvalue weighted by Crippen LogP contribution is -3.14. The molecule has 3 aliphatic heterocycles. The van der Waals surface area contributed by atoms with E-state index < -0.39 is 22.9 Å². The molecule has 3 atom stereocenters. The van der Waals surface area contributed by atoms with Gasteiger partial charge in [-0.25, -0.2) is 4.79 Å². The smallest absolute Gasteiger partial charge is 0.331 e. The molecule has 3 aliphatic rings. The zero-order valence-corrected chi connectivity index (χ0v) is 16.3. The standard InChI is InChI=1S/C20H26N4O3/c1-19(2,3)24-17(26)20(16(25)21-18(24)27)11-13-7-5-6-8-14(13)23-10-9-22(4)12-15(20)23/h5-8,15H,9-12H2,1-4H3,(H,21,25,27)/p+1/t15-,20-/m1/s1. The first-order valence-corrected chi connectivity index (χ1v) is 9.52. The second kappa shape index (κ2) is 5.79. The Kier molecular flexibility index (Phi) is 3.86. The van der Waals surface area contributed by atoms with Gasteiger partial charge >= 0.3 is 6.03 Å². The van der Waals surface area contributed by atoms with Crippen LogP contribution < -0.4 is 15.1 Å². The van der Waals surface area contributed by atoms with E-state index in [0.717, 1.165) is 24.3 Å². The largest absolute Gasteiger partial charge is 0.355 e. The van der Waals surface area contributed by atoms with Crippen LogP contribution in [-0.2, 0) is 16.0 Å². The van der Waals surface area contributed by atoms with Gasteiger partial charge in [-0.3, -0.25) is 19.8 Å². The summed E-state index contributed by atoms with van der Waals surface area (Å²) in [7, 11) is 2.09. The molecule has 0 bridgehead atoms. The Bertz CT molecular complexity index is 831. The minimum Gasteiger partial charge on any atom is -0.355 e. The Labute approximate surface area is 159 Å². The molecule has 1 unspecified atom stereocenters. The van der Waals surface area contributed by atoms with Crippen LogP contribution in [0, 0.1) is 5.41 Å². The summed E-state index contributed by atoms with van der Waals surface area (Å²) >= 11 is 0. The molecular formula is C20H27N4O3+. The molecule has 2 fully saturated rings. The number of anilines is 1. The maximum atomic E-state index is 13.7. The third-order valence-corrected chi connectivity index (χ3v) is 6.12. The highest BCUT2D eigenvalue weighted by Crippen LogP contribution is 2.45. The van der Waals surface area contributed by atoms with Gasteiger partial charge in [0.25, 0.3) is 0 Å². The van der Waals surface area contributed by atoms with Crippen LogP contribution in [0.4, 0.5) is 10.5 Å². The number of barbiturate groups is 1. The number of fused-ring (bicyclic) bond motifs is 4. The summed E-state index contributed by atoms with van der Waals surface area (Å²) in [5.74, 6) is -0.833. The average molecular weight is 371 g/mol. The highest BCUT2D eigenvalue weighted by molar-refractivity contribution is 6.20. The fourth-order valence-corrected chi connectivity index (χ4v) is 4.81. The third kappa shape index (κ3) is 2.48. The minimum atomic E-state index is -1.28. The Morgan fingerprint density at radius 2 is 1.89 bits per heavy atom. The highest BCUT2D eigenvalue weighted by Gasteiger charge is 2.64. The van der Waals surface area contributed by atoms with Crippen molar-refractivity contribution < 1.29 is 19.3 Å². The van der Waals surface area contributed by atoms with Crippen LogP contribution >= 0.6 is 0 Å². The Morgan fingerprint density at radius 3 is 2.59 bits per heavy atom. The number of amides is 4. The van der Waals surface area contributed by atoms with Crippen molar-refractivity contribution in [3.05, 3.63) is 29.8 Å². The number of hydrogen-bond donors (Lipinski definition) is 2. The predicted molar refractivity (Wildman–Crippen MR) is 100 cm³/mol. The summed E-state index contributed by atoms with van der Waals surface area (Å²) in [6.45, 7) is 7.86. The van der Waals surface area contributed by atoms with Crippen molar-refractivity contribution >= 4 is 23.5 Å². The molecule has 4 amide bonds. The number of hydrogen-bond acceptors (Lipinski definition) is 4. The summed E-state index contributed by atoms with van der Waals surface area (Å²) in [6, 6.07) is 7.08. The van der Waals surface area contributed by atoms with Crippen LogP contribution in [0.25, 0.3) is 0 Å². The molecular weight excluding hydrogens is 344 g/mol. The van der Waals surface area contributed by atoms with E-state index in [2.05, 4.69) is 23.3 Å². The molecule has 2 N–H and O–H groups in total. The molecule has 1 spiro atoms. The van der Waals surface area contributed by atoms with E-state index in [1.165, 1.54) is 9.80 Å². The third-order valence-electron chi connectivity index (χ3n) is 6.12. The van der Waals surface area contributed by atoms with Gasteiger partial charge in [0.1, 0.15) is 6.04 Å². The topological polar surface area (TPSA) is 74.2 Å². The van der Waals surface area contributed by atoms with Gasteiger partial charge in [0.2, 0.25) is 11.8 Å². The van der Waals surface area contributed by atoms with Gasteiger partial charge in [-0.1, -0.05) is 18.2 Å². The van der Waals surface area contributed by atoms with Gasteiger partial charge in [0.05, 0.1) is 26.7 Å². The fourth-order valence-electron chi connectivity index (χ4n) is 4.81. The normalized spacial score (nSPS) is 30.9. The predicted octanol–water partition coefficient (Wildman–Crippen LogP) is -0.191. The van der Waals surface area contributed by atoms with Crippen molar-refractivity contribution in [3.8, 4) is 0 Å². The second-order valence-corrected chi connectivity index (χ2v) is 8.97. The maximum absolute atomic E-state index is 13.7. The number of carbonyl (C=O) groups excluding carboxylic acids is 3. The SMILES string of the molecule is C[NH+]1CCN2c3ccccc3C[C@]3(C(=O)NC(=O)N(C(C)(C)C)C3=O)[C@H]2C1. The number of piperazine rings is 1. The van der Waals surface area contributed by atoms with Gasteiger partial charge in [-0.05, 0) is 32.4 Å². The number of nitrogens with one attached hydrogen (secondary N) is 2. The highest BCUT2D eigenvalue weighted by atomic mass is 16.2. The molecule has 0 radical (unpaired) electrons. The summed E-state index contributed by atoms with van der Waals surface area (Å²) < 4.78 is 0. The molecule has 144 valence electrons. The van der Waals surface area contributed by atoms with Crippen molar-refractivity contribution in [1.29, 1.82) is 0 Å². The lowest BCUT2D eigenvalue weighted by atomic mass is 9.67. The van der Waals surface area contributed by atoms with Crippen LogP contribution in [0.5, 0.6) is 0 Å². The first-order valence-electron chi connectivity index (χ1n) is 9.52. The van der Waals surface area contributed by atoms with E-state index in [9.17, 15) is 14.4 Å². The lowest BCUT2D eigenvalue weighted by molar-refractivity contribution is -0.883. The summed E-state index contributed by atoms with van der Waals surface area (Å²) in [5, 5.41) is 2.50. The first-order chi connectivity index (χ1) is 12.7. The Balaban J connectivity index is 1.90. The number of rotatable bonds is 0. The monoisotopic (exact) mass is 371 g/mol. The fraction of sp³-hybridized carbons (Fsp3) is 0.550. The van der Waals surface area contributed by atoms with Crippen molar-refractivity contribution in [2.24, 2.45) is 5.41 Å². The van der Waals surface area contributed by atoms with Crippen LogP contribution in [-0.4, -0.2) is 61.0 Å². The maximum Gasteiger partial charge on any atom is 0.331 e.